The zero-order valence-electron chi connectivity index (χ0n) is 14.8. The van der Waals surface area contributed by atoms with Crippen molar-refractivity contribution in [2.75, 3.05) is 0 Å². The predicted molar refractivity (Wildman–Crippen MR) is 107 cm³/mol. The zero-order valence-corrected chi connectivity index (χ0v) is 15.7. The van der Waals surface area contributed by atoms with Gasteiger partial charge in [-0.2, -0.15) is 0 Å². The maximum Gasteiger partial charge on any atom is 0.196 e. The monoisotopic (exact) mass is 375 g/mol. The number of hydrogen-bond donors (Lipinski definition) is 0. The Balaban J connectivity index is 1.77. The number of aryl methyl sites for hydroxylation is 1. The van der Waals surface area contributed by atoms with Crippen molar-refractivity contribution in [3.8, 4) is 17.1 Å². The first kappa shape index (κ1) is 17.5. The SMILES string of the molecule is Cc1ccccc1-n1c(SCc2ccccc2)nnc1-c1ccc(F)cc1. The van der Waals surface area contributed by atoms with Gasteiger partial charge in [-0.3, -0.25) is 4.57 Å². The molecular weight excluding hydrogens is 357 g/mol. The predicted octanol–water partition coefficient (Wildman–Crippen LogP) is 5.67. The van der Waals surface area contributed by atoms with Crippen LogP contribution in [0.5, 0.6) is 0 Å². The summed E-state index contributed by atoms with van der Waals surface area (Å²) in [6.07, 6.45) is 0. The fourth-order valence-corrected chi connectivity index (χ4v) is 3.80. The van der Waals surface area contributed by atoms with Gasteiger partial charge in [-0.05, 0) is 48.4 Å². The summed E-state index contributed by atoms with van der Waals surface area (Å²) < 4.78 is 15.4. The molecule has 0 aliphatic rings. The molecule has 3 aromatic carbocycles. The first-order chi connectivity index (χ1) is 13.2. The van der Waals surface area contributed by atoms with E-state index in [1.54, 1.807) is 23.9 Å². The van der Waals surface area contributed by atoms with E-state index in [9.17, 15) is 4.39 Å². The molecule has 4 rings (SSSR count). The molecule has 27 heavy (non-hydrogen) atoms. The van der Waals surface area contributed by atoms with Crippen LogP contribution in [0.25, 0.3) is 17.1 Å². The van der Waals surface area contributed by atoms with Crippen molar-refractivity contribution < 1.29 is 4.39 Å². The number of thioether (sulfide) groups is 1. The number of para-hydroxylation sites is 1. The number of nitrogens with zero attached hydrogens (tertiary/aromatic N) is 3. The third-order valence-corrected chi connectivity index (χ3v) is 5.30. The molecule has 0 saturated heterocycles. The maximum atomic E-state index is 13.4. The Hall–Kier alpha value is -2.92. The molecule has 0 fully saturated rings. The van der Waals surface area contributed by atoms with Crippen LogP contribution in [0, 0.1) is 12.7 Å². The van der Waals surface area contributed by atoms with Crippen LogP contribution in [0.2, 0.25) is 0 Å². The van der Waals surface area contributed by atoms with Crippen molar-refractivity contribution in [3.63, 3.8) is 0 Å². The summed E-state index contributed by atoms with van der Waals surface area (Å²) in [5.74, 6) is 1.24. The van der Waals surface area contributed by atoms with E-state index < -0.39 is 0 Å². The Morgan fingerprint density at radius 2 is 1.56 bits per heavy atom. The molecule has 0 aliphatic heterocycles. The highest BCUT2D eigenvalue weighted by Crippen LogP contribution is 2.31. The van der Waals surface area contributed by atoms with Crippen LogP contribution in [0.1, 0.15) is 11.1 Å². The van der Waals surface area contributed by atoms with Crippen molar-refractivity contribution >= 4 is 11.8 Å². The highest BCUT2D eigenvalue weighted by molar-refractivity contribution is 7.98. The third-order valence-electron chi connectivity index (χ3n) is 4.30. The summed E-state index contributed by atoms with van der Waals surface area (Å²) >= 11 is 1.64. The molecular formula is C22H18FN3S. The third kappa shape index (κ3) is 3.78. The Morgan fingerprint density at radius 1 is 0.852 bits per heavy atom. The van der Waals surface area contributed by atoms with Gasteiger partial charge in [0.2, 0.25) is 0 Å². The van der Waals surface area contributed by atoms with Gasteiger partial charge in [0.05, 0.1) is 5.69 Å². The smallest absolute Gasteiger partial charge is 0.196 e. The number of hydrogen-bond acceptors (Lipinski definition) is 3. The molecule has 0 amide bonds. The maximum absolute atomic E-state index is 13.4. The molecule has 1 heterocycles. The minimum Gasteiger partial charge on any atom is -0.270 e. The van der Waals surface area contributed by atoms with E-state index in [0.717, 1.165) is 27.7 Å². The summed E-state index contributed by atoms with van der Waals surface area (Å²) in [6, 6.07) is 24.8. The molecule has 4 aromatic rings. The summed E-state index contributed by atoms with van der Waals surface area (Å²) in [4.78, 5) is 0. The lowest BCUT2D eigenvalue weighted by Crippen LogP contribution is -2.02. The van der Waals surface area contributed by atoms with Crippen LogP contribution in [-0.2, 0) is 5.75 Å². The molecule has 3 nitrogen and oxygen atoms in total. The second kappa shape index (κ2) is 7.76. The van der Waals surface area contributed by atoms with E-state index in [-0.39, 0.29) is 5.82 Å². The van der Waals surface area contributed by atoms with Crippen LogP contribution in [-0.4, -0.2) is 14.8 Å². The molecule has 134 valence electrons. The highest BCUT2D eigenvalue weighted by atomic mass is 32.2. The second-order valence-corrected chi connectivity index (χ2v) is 7.15. The number of rotatable bonds is 5. The van der Waals surface area contributed by atoms with E-state index in [4.69, 9.17) is 0 Å². The zero-order chi connectivity index (χ0) is 18.6. The summed E-state index contributed by atoms with van der Waals surface area (Å²) in [5, 5.41) is 9.66. The molecule has 0 aliphatic carbocycles. The van der Waals surface area contributed by atoms with Crippen LogP contribution in [0.3, 0.4) is 0 Å². The van der Waals surface area contributed by atoms with Crippen molar-refractivity contribution in [1.29, 1.82) is 0 Å². The fourth-order valence-electron chi connectivity index (χ4n) is 2.90. The lowest BCUT2D eigenvalue weighted by atomic mass is 10.1. The lowest BCUT2D eigenvalue weighted by Gasteiger charge is -2.13. The first-order valence-corrected chi connectivity index (χ1v) is 9.65. The summed E-state index contributed by atoms with van der Waals surface area (Å²) in [5.41, 5.74) is 4.21. The van der Waals surface area contributed by atoms with Gasteiger partial charge in [0.15, 0.2) is 11.0 Å². The molecule has 0 N–H and O–H groups in total. The topological polar surface area (TPSA) is 30.7 Å². The molecule has 0 unspecified atom stereocenters. The fraction of sp³-hybridized carbons (Fsp3) is 0.0909. The Bertz CT molecular complexity index is 1040. The largest absolute Gasteiger partial charge is 0.270 e. The number of halogens is 1. The van der Waals surface area contributed by atoms with Crippen LogP contribution >= 0.6 is 11.8 Å². The van der Waals surface area contributed by atoms with E-state index in [0.29, 0.717) is 5.82 Å². The van der Waals surface area contributed by atoms with Crippen molar-refractivity contribution in [2.24, 2.45) is 0 Å². The lowest BCUT2D eigenvalue weighted by molar-refractivity contribution is 0.628. The van der Waals surface area contributed by atoms with Gasteiger partial charge in [-0.15, -0.1) is 10.2 Å². The summed E-state index contributed by atoms with van der Waals surface area (Å²) in [7, 11) is 0. The normalized spacial score (nSPS) is 10.9. The Kier molecular flexibility index (Phi) is 5.03. The van der Waals surface area contributed by atoms with Crippen LogP contribution in [0.15, 0.2) is 84.0 Å². The van der Waals surface area contributed by atoms with Gasteiger partial charge in [0.1, 0.15) is 5.82 Å². The highest BCUT2D eigenvalue weighted by Gasteiger charge is 2.17. The minimum atomic E-state index is -0.264. The van der Waals surface area contributed by atoms with Gasteiger partial charge >= 0.3 is 0 Å². The molecule has 0 spiro atoms. The Morgan fingerprint density at radius 3 is 2.30 bits per heavy atom. The van der Waals surface area contributed by atoms with Gasteiger partial charge in [-0.1, -0.05) is 60.3 Å². The quantitative estimate of drug-likeness (QED) is 0.421. The summed E-state index contributed by atoms with van der Waals surface area (Å²) in [6.45, 7) is 2.06. The van der Waals surface area contributed by atoms with Gasteiger partial charge in [0, 0.05) is 11.3 Å². The molecule has 1 aromatic heterocycles. The van der Waals surface area contributed by atoms with Crippen molar-refractivity contribution in [1.82, 2.24) is 14.8 Å². The van der Waals surface area contributed by atoms with E-state index >= 15 is 0 Å². The van der Waals surface area contributed by atoms with Crippen LogP contribution < -0.4 is 0 Å². The van der Waals surface area contributed by atoms with Crippen molar-refractivity contribution in [2.45, 2.75) is 17.8 Å². The number of aromatic nitrogens is 3. The average molecular weight is 375 g/mol. The first-order valence-electron chi connectivity index (χ1n) is 8.66. The van der Waals surface area contributed by atoms with Gasteiger partial charge in [0.25, 0.3) is 0 Å². The van der Waals surface area contributed by atoms with E-state index in [1.165, 1.54) is 17.7 Å². The minimum absolute atomic E-state index is 0.264. The van der Waals surface area contributed by atoms with Gasteiger partial charge < -0.3 is 0 Å². The molecule has 5 heteroatoms. The van der Waals surface area contributed by atoms with Crippen LogP contribution in [0.4, 0.5) is 4.39 Å². The molecule has 0 atom stereocenters. The molecule has 0 bridgehead atoms. The standard InChI is InChI=1S/C22H18FN3S/c1-16-7-5-6-10-20(16)26-21(18-11-13-19(23)14-12-18)24-25-22(26)27-15-17-8-3-2-4-9-17/h2-14H,15H2,1H3. The van der Waals surface area contributed by atoms with E-state index in [1.807, 2.05) is 30.3 Å². The molecule has 0 radical (unpaired) electrons. The average Bonchev–Trinajstić information content (AvgIpc) is 3.12. The second-order valence-electron chi connectivity index (χ2n) is 6.21. The number of benzene rings is 3. The van der Waals surface area contributed by atoms with E-state index in [2.05, 4.69) is 46.0 Å². The van der Waals surface area contributed by atoms with Gasteiger partial charge in [-0.25, -0.2) is 4.39 Å². The Labute approximate surface area is 161 Å². The van der Waals surface area contributed by atoms with Crippen molar-refractivity contribution in [3.05, 3.63) is 95.8 Å². The molecule has 0 saturated carbocycles.